The number of nitrogens with two attached hydrogens (primary N) is 1. The second kappa shape index (κ2) is 4.61. The molecule has 0 saturated heterocycles. The summed E-state index contributed by atoms with van der Waals surface area (Å²) in [7, 11) is 0. The fourth-order valence-corrected chi connectivity index (χ4v) is 1.55. The minimum atomic E-state index is -0.939. The predicted octanol–water partition coefficient (Wildman–Crippen LogP) is -0.108. The van der Waals surface area contributed by atoms with Gasteiger partial charge in [-0.25, -0.2) is 0 Å². The third kappa shape index (κ3) is 3.25. The molecule has 0 bridgehead atoms. The van der Waals surface area contributed by atoms with E-state index in [1.807, 2.05) is 17.5 Å². The van der Waals surface area contributed by atoms with Crippen molar-refractivity contribution in [1.82, 2.24) is 5.32 Å². The van der Waals surface area contributed by atoms with Gasteiger partial charge in [0.15, 0.2) is 0 Å². The van der Waals surface area contributed by atoms with Crippen molar-refractivity contribution in [3.8, 4) is 0 Å². The molecule has 13 heavy (non-hydrogen) atoms. The van der Waals surface area contributed by atoms with Gasteiger partial charge in [-0.3, -0.25) is 9.59 Å². The molecule has 5 heteroatoms. The predicted molar refractivity (Wildman–Crippen MR) is 50.2 cm³/mol. The minimum absolute atomic E-state index is 0.447. The van der Waals surface area contributed by atoms with E-state index in [9.17, 15) is 9.59 Å². The number of nitrogens with one attached hydrogen (secondary N) is 1. The summed E-state index contributed by atoms with van der Waals surface area (Å²) in [6.45, 7) is 0.447. The van der Waals surface area contributed by atoms with Crippen molar-refractivity contribution in [2.45, 2.75) is 6.42 Å². The molecule has 0 aliphatic rings. The molecule has 0 spiro atoms. The summed E-state index contributed by atoms with van der Waals surface area (Å²) in [5.74, 6) is -1.66. The maximum atomic E-state index is 10.7. The van der Waals surface area contributed by atoms with Crippen molar-refractivity contribution in [2.75, 3.05) is 6.54 Å². The zero-order valence-corrected chi connectivity index (χ0v) is 7.76. The van der Waals surface area contributed by atoms with Crippen LogP contribution in [0.5, 0.6) is 0 Å². The van der Waals surface area contributed by atoms with Crippen LogP contribution < -0.4 is 11.1 Å². The van der Waals surface area contributed by atoms with Crippen LogP contribution in [-0.2, 0) is 16.0 Å². The Labute approximate surface area is 79.7 Å². The molecule has 3 N–H and O–H groups in total. The van der Waals surface area contributed by atoms with Gasteiger partial charge >= 0.3 is 11.8 Å². The molecule has 1 heterocycles. The summed E-state index contributed by atoms with van der Waals surface area (Å²) in [4.78, 5) is 22.2. The first-order valence-corrected chi connectivity index (χ1v) is 4.68. The number of rotatable bonds is 3. The van der Waals surface area contributed by atoms with Crippen molar-refractivity contribution >= 4 is 23.2 Å². The Morgan fingerprint density at radius 3 is 2.85 bits per heavy atom. The highest BCUT2D eigenvalue weighted by atomic mass is 32.1. The lowest BCUT2D eigenvalue weighted by Crippen LogP contribution is -2.36. The number of primary amides is 1. The van der Waals surface area contributed by atoms with Gasteiger partial charge in [0, 0.05) is 11.4 Å². The normalized spacial score (nSPS) is 9.54. The Hall–Kier alpha value is -1.36. The molecule has 1 aromatic rings. The smallest absolute Gasteiger partial charge is 0.309 e. The van der Waals surface area contributed by atoms with Gasteiger partial charge in [-0.15, -0.1) is 11.3 Å². The molecule has 0 atom stereocenters. The lowest BCUT2D eigenvalue weighted by atomic mass is 10.3. The first-order valence-electron chi connectivity index (χ1n) is 3.80. The largest absolute Gasteiger partial charge is 0.361 e. The van der Waals surface area contributed by atoms with Gasteiger partial charge in [-0.2, -0.15) is 0 Å². The Kier molecular flexibility index (Phi) is 3.45. The first kappa shape index (κ1) is 9.73. The quantitative estimate of drug-likeness (QED) is 0.665. The van der Waals surface area contributed by atoms with Gasteiger partial charge in [-0.1, -0.05) is 6.07 Å². The fraction of sp³-hybridized carbons (Fsp3) is 0.250. The molecule has 4 nitrogen and oxygen atoms in total. The monoisotopic (exact) mass is 198 g/mol. The minimum Gasteiger partial charge on any atom is -0.361 e. The molecule has 2 amide bonds. The number of hydrogen-bond acceptors (Lipinski definition) is 3. The van der Waals surface area contributed by atoms with Crippen LogP contribution in [-0.4, -0.2) is 18.4 Å². The van der Waals surface area contributed by atoms with E-state index in [4.69, 9.17) is 5.73 Å². The molecule has 1 rings (SSSR count). The van der Waals surface area contributed by atoms with Crippen molar-refractivity contribution in [2.24, 2.45) is 5.73 Å². The highest BCUT2D eigenvalue weighted by Crippen LogP contribution is 2.07. The van der Waals surface area contributed by atoms with E-state index in [0.29, 0.717) is 6.54 Å². The Bertz CT molecular complexity index is 295. The lowest BCUT2D eigenvalue weighted by molar-refractivity contribution is -0.137. The van der Waals surface area contributed by atoms with Gasteiger partial charge < -0.3 is 11.1 Å². The summed E-state index contributed by atoms with van der Waals surface area (Å²) in [6, 6.07) is 3.91. The van der Waals surface area contributed by atoms with Crippen LogP contribution in [0.15, 0.2) is 17.5 Å². The van der Waals surface area contributed by atoms with Crippen LogP contribution in [0.1, 0.15) is 4.88 Å². The van der Waals surface area contributed by atoms with E-state index in [-0.39, 0.29) is 0 Å². The van der Waals surface area contributed by atoms with Gasteiger partial charge in [0.05, 0.1) is 0 Å². The number of carbonyl (C=O) groups excluding carboxylic acids is 2. The van der Waals surface area contributed by atoms with Crippen molar-refractivity contribution in [3.05, 3.63) is 22.4 Å². The summed E-state index contributed by atoms with van der Waals surface area (Å²) in [5.41, 5.74) is 4.75. The van der Waals surface area contributed by atoms with E-state index in [2.05, 4.69) is 5.32 Å². The summed E-state index contributed by atoms with van der Waals surface area (Å²) in [5, 5.41) is 4.38. The molecule has 0 radical (unpaired) electrons. The summed E-state index contributed by atoms with van der Waals surface area (Å²) < 4.78 is 0. The van der Waals surface area contributed by atoms with E-state index in [1.165, 1.54) is 4.88 Å². The number of hydrogen-bond donors (Lipinski definition) is 2. The highest BCUT2D eigenvalue weighted by molar-refractivity contribution is 7.09. The SMILES string of the molecule is NC(=O)C(=O)NCCc1cccs1. The zero-order chi connectivity index (χ0) is 9.68. The molecular weight excluding hydrogens is 188 g/mol. The molecule has 0 aromatic carbocycles. The molecule has 0 fully saturated rings. The molecule has 0 aliphatic heterocycles. The van der Waals surface area contributed by atoms with Crippen LogP contribution in [0, 0.1) is 0 Å². The van der Waals surface area contributed by atoms with Crippen LogP contribution in [0.4, 0.5) is 0 Å². The maximum Gasteiger partial charge on any atom is 0.309 e. The van der Waals surface area contributed by atoms with Crippen LogP contribution in [0.2, 0.25) is 0 Å². The van der Waals surface area contributed by atoms with Gasteiger partial charge in [0.1, 0.15) is 0 Å². The van der Waals surface area contributed by atoms with Gasteiger partial charge in [0.2, 0.25) is 0 Å². The second-order valence-corrected chi connectivity index (χ2v) is 3.48. The Morgan fingerprint density at radius 2 is 2.31 bits per heavy atom. The number of carbonyl (C=O) groups is 2. The Morgan fingerprint density at radius 1 is 1.54 bits per heavy atom. The van der Waals surface area contributed by atoms with Crippen LogP contribution in [0.25, 0.3) is 0 Å². The average molecular weight is 198 g/mol. The second-order valence-electron chi connectivity index (χ2n) is 2.45. The third-order valence-electron chi connectivity index (χ3n) is 1.46. The van der Waals surface area contributed by atoms with Crippen molar-refractivity contribution in [3.63, 3.8) is 0 Å². The average Bonchev–Trinajstić information content (AvgIpc) is 2.56. The number of thiophene rings is 1. The molecule has 0 unspecified atom stereocenters. The summed E-state index contributed by atoms with van der Waals surface area (Å²) >= 11 is 1.62. The first-order chi connectivity index (χ1) is 6.20. The topological polar surface area (TPSA) is 72.2 Å². The van der Waals surface area contributed by atoms with Crippen molar-refractivity contribution in [1.29, 1.82) is 0 Å². The molecule has 70 valence electrons. The van der Waals surface area contributed by atoms with E-state index >= 15 is 0 Å². The molecule has 0 saturated carbocycles. The van der Waals surface area contributed by atoms with Crippen molar-refractivity contribution < 1.29 is 9.59 Å². The van der Waals surface area contributed by atoms with E-state index < -0.39 is 11.8 Å². The Balaban J connectivity index is 2.22. The lowest BCUT2D eigenvalue weighted by Gasteiger charge is -1.99. The molecule has 0 aliphatic carbocycles. The van der Waals surface area contributed by atoms with Crippen LogP contribution in [0.3, 0.4) is 0 Å². The van der Waals surface area contributed by atoms with Gasteiger partial charge in [-0.05, 0) is 17.9 Å². The van der Waals surface area contributed by atoms with E-state index in [0.717, 1.165) is 6.42 Å². The number of amides is 2. The zero-order valence-electron chi connectivity index (χ0n) is 6.95. The third-order valence-corrected chi connectivity index (χ3v) is 2.40. The molecular formula is C8H10N2O2S. The molecule has 1 aromatic heterocycles. The maximum absolute atomic E-state index is 10.7. The standard InChI is InChI=1S/C8H10N2O2S/c9-7(11)8(12)10-4-3-6-2-1-5-13-6/h1-2,5H,3-4H2,(H2,9,11)(H,10,12). The van der Waals surface area contributed by atoms with Gasteiger partial charge in [0.25, 0.3) is 0 Å². The van der Waals surface area contributed by atoms with E-state index in [1.54, 1.807) is 11.3 Å². The van der Waals surface area contributed by atoms with Crippen LogP contribution >= 0.6 is 11.3 Å². The fourth-order valence-electron chi connectivity index (χ4n) is 0.841. The summed E-state index contributed by atoms with van der Waals surface area (Å²) in [6.07, 6.45) is 0.733. The highest BCUT2D eigenvalue weighted by Gasteiger charge is 2.06.